The molecule has 26 heavy (non-hydrogen) atoms. The Kier molecular flexibility index (Phi) is 6.17. The van der Waals surface area contributed by atoms with Crippen LogP contribution in [0.15, 0.2) is 52.1 Å². The minimum Gasteiger partial charge on any atom is -0.467 e. The first-order chi connectivity index (χ1) is 12.7. The van der Waals surface area contributed by atoms with E-state index in [1.807, 2.05) is 0 Å². The fraction of sp³-hybridized carbons (Fsp3) is 0.450. The summed E-state index contributed by atoms with van der Waals surface area (Å²) >= 11 is 0. The summed E-state index contributed by atoms with van der Waals surface area (Å²) in [5, 5.41) is 13.5. The first kappa shape index (κ1) is 18.3. The van der Waals surface area contributed by atoms with Crippen LogP contribution in [0.25, 0.3) is 0 Å². The Hall–Kier alpha value is -2.47. The minimum atomic E-state index is -0.716. The molecular weight excluding hydrogens is 328 g/mol. The largest absolute Gasteiger partial charge is 0.467 e. The zero-order valence-corrected chi connectivity index (χ0v) is 15.6. The van der Waals surface area contributed by atoms with Gasteiger partial charge in [-0.05, 0) is 43.7 Å². The number of furan rings is 1. The first-order valence-corrected chi connectivity index (χ1v) is 9.23. The number of hydrogen-bond donors (Lipinski definition) is 2. The van der Waals surface area contributed by atoms with E-state index in [0.29, 0.717) is 5.76 Å². The van der Waals surface area contributed by atoms with Crippen molar-refractivity contribution in [3.63, 3.8) is 0 Å². The monoisotopic (exact) mass is 356 g/mol. The highest BCUT2D eigenvalue weighted by Crippen LogP contribution is 2.18. The van der Waals surface area contributed by atoms with Crippen molar-refractivity contribution < 1.29 is 9.52 Å². The van der Waals surface area contributed by atoms with Crippen LogP contribution >= 0.6 is 0 Å². The van der Waals surface area contributed by atoms with E-state index in [9.17, 15) is 5.11 Å². The van der Waals surface area contributed by atoms with Gasteiger partial charge >= 0.3 is 0 Å². The highest BCUT2D eigenvalue weighted by Gasteiger charge is 2.20. The maximum atomic E-state index is 10.2. The van der Waals surface area contributed by atoms with Gasteiger partial charge in [0.25, 0.3) is 0 Å². The number of nitrogens with zero attached hydrogens (tertiary/aromatic N) is 3. The Morgan fingerprint density at radius 2 is 2.04 bits per heavy atom. The molecule has 0 amide bonds. The Bertz CT molecular complexity index is 706. The quantitative estimate of drug-likeness (QED) is 0.636. The number of guanidine groups is 1. The molecule has 0 saturated carbocycles. The first-order valence-electron chi connectivity index (χ1n) is 9.23. The van der Waals surface area contributed by atoms with E-state index in [1.54, 1.807) is 18.4 Å². The van der Waals surface area contributed by atoms with Crippen molar-refractivity contribution in [3.05, 3.63) is 54.0 Å². The van der Waals surface area contributed by atoms with Crippen molar-refractivity contribution >= 4 is 11.6 Å². The van der Waals surface area contributed by atoms with Crippen molar-refractivity contribution in [3.8, 4) is 0 Å². The van der Waals surface area contributed by atoms with E-state index in [0.717, 1.165) is 38.7 Å². The van der Waals surface area contributed by atoms with Crippen LogP contribution < -0.4 is 10.2 Å². The molecule has 0 aliphatic carbocycles. The smallest absolute Gasteiger partial charge is 0.194 e. The molecule has 2 N–H and O–H groups in total. The number of aliphatic hydroxyl groups excluding tert-OH is 1. The maximum absolute atomic E-state index is 10.2. The number of anilines is 1. The fourth-order valence-corrected chi connectivity index (χ4v) is 3.17. The van der Waals surface area contributed by atoms with Gasteiger partial charge in [0.05, 0.1) is 12.8 Å². The van der Waals surface area contributed by atoms with Crippen LogP contribution in [0, 0.1) is 6.92 Å². The third kappa shape index (κ3) is 4.58. The average molecular weight is 356 g/mol. The number of aryl methyl sites for hydroxylation is 1. The molecule has 1 atom stereocenters. The summed E-state index contributed by atoms with van der Waals surface area (Å²) in [6, 6.07) is 12.2. The van der Waals surface area contributed by atoms with Crippen LogP contribution in [0.1, 0.15) is 24.4 Å². The van der Waals surface area contributed by atoms with Crippen molar-refractivity contribution in [2.24, 2.45) is 4.99 Å². The van der Waals surface area contributed by atoms with Gasteiger partial charge in [-0.2, -0.15) is 0 Å². The van der Waals surface area contributed by atoms with Crippen molar-refractivity contribution in [1.82, 2.24) is 10.2 Å². The summed E-state index contributed by atoms with van der Waals surface area (Å²) < 4.78 is 5.25. The molecule has 1 saturated heterocycles. The SMILES string of the molecule is CCNC(=NCC(O)c1ccco1)N1CCN(c2cccc(C)c2)CC1. The van der Waals surface area contributed by atoms with Crippen LogP contribution in [0.2, 0.25) is 0 Å². The average Bonchev–Trinajstić information content (AvgIpc) is 3.20. The molecule has 2 heterocycles. The van der Waals surface area contributed by atoms with Crippen molar-refractivity contribution in [2.45, 2.75) is 20.0 Å². The van der Waals surface area contributed by atoms with Gasteiger partial charge in [0, 0.05) is 38.4 Å². The zero-order valence-electron chi connectivity index (χ0n) is 15.6. The van der Waals surface area contributed by atoms with Crippen LogP contribution in [-0.2, 0) is 0 Å². The normalized spacial score (nSPS) is 16.7. The van der Waals surface area contributed by atoms with Crippen molar-refractivity contribution in [1.29, 1.82) is 0 Å². The molecular formula is C20H28N4O2. The van der Waals surface area contributed by atoms with Crippen LogP contribution in [0.3, 0.4) is 0 Å². The summed E-state index contributed by atoms with van der Waals surface area (Å²) in [7, 11) is 0. The molecule has 0 radical (unpaired) electrons. The molecule has 1 aromatic heterocycles. The molecule has 140 valence electrons. The lowest BCUT2D eigenvalue weighted by Crippen LogP contribution is -2.52. The van der Waals surface area contributed by atoms with Crippen LogP contribution in [-0.4, -0.2) is 55.2 Å². The number of piperazine rings is 1. The lowest BCUT2D eigenvalue weighted by molar-refractivity contribution is 0.158. The summed E-state index contributed by atoms with van der Waals surface area (Å²) in [5.41, 5.74) is 2.56. The molecule has 2 aromatic rings. The highest BCUT2D eigenvalue weighted by molar-refractivity contribution is 5.80. The molecule has 0 spiro atoms. The van der Waals surface area contributed by atoms with Gasteiger partial charge in [-0.3, -0.25) is 0 Å². The molecule has 6 heteroatoms. The number of nitrogens with one attached hydrogen (secondary N) is 1. The van der Waals surface area contributed by atoms with Crippen LogP contribution in [0.5, 0.6) is 0 Å². The molecule has 1 fully saturated rings. The van der Waals surface area contributed by atoms with E-state index in [4.69, 9.17) is 4.42 Å². The lowest BCUT2D eigenvalue weighted by atomic mass is 10.2. The molecule has 3 rings (SSSR count). The molecule has 6 nitrogen and oxygen atoms in total. The predicted molar refractivity (Wildman–Crippen MR) is 105 cm³/mol. The molecule has 1 unspecified atom stereocenters. The Labute approximate surface area is 155 Å². The number of aliphatic hydroxyl groups is 1. The maximum Gasteiger partial charge on any atom is 0.194 e. The Morgan fingerprint density at radius 1 is 1.23 bits per heavy atom. The lowest BCUT2D eigenvalue weighted by Gasteiger charge is -2.38. The fourth-order valence-electron chi connectivity index (χ4n) is 3.17. The summed E-state index contributed by atoms with van der Waals surface area (Å²) in [5.74, 6) is 1.40. The van der Waals surface area contributed by atoms with E-state index in [2.05, 4.69) is 58.2 Å². The van der Waals surface area contributed by atoms with Gasteiger partial charge in [-0.15, -0.1) is 0 Å². The topological polar surface area (TPSA) is 64.2 Å². The van der Waals surface area contributed by atoms with E-state index in [1.165, 1.54) is 11.3 Å². The third-order valence-corrected chi connectivity index (χ3v) is 4.57. The number of aliphatic imine (C=N–C) groups is 1. The summed E-state index contributed by atoms with van der Waals surface area (Å²) in [6.45, 7) is 8.97. The van der Waals surface area contributed by atoms with Gasteiger partial charge in [-0.25, -0.2) is 4.99 Å². The van der Waals surface area contributed by atoms with Gasteiger partial charge in [0.2, 0.25) is 0 Å². The second-order valence-corrected chi connectivity index (χ2v) is 6.54. The number of hydrogen-bond acceptors (Lipinski definition) is 4. The Morgan fingerprint density at radius 3 is 2.69 bits per heavy atom. The van der Waals surface area contributed by atoms with E-state index < -0.39 is 6.10 Å². The zero-order chi connectivity index (χ0) is 18.4. The second kappa shape index (κ2) is 8.76. The standard InChI is InChI=1S/C20H28N4O2/c1-3-21-20(22-15-18(25)19-8-5-13-26-19)24-11-9-23(10-12-24)17-7-4-6-16(2)14-17/h4-8,13-14,18,25H,3,9-12,15H2,1-2H3,(H,21,22). The number of rotatable bonds is 5. The third-order valence-electron chi connectivity index (χ3n) is 4.57. The summed E-state index contributed by atoms with van der Waals surface area (Å²) in [4.78, 5) is 9.27. The highest BCUT2D eigenvalue weighted by atomic mass is 16.4. The van der Waals surface area contributed by atoms with Crippen molar-refractivity contribution in [2.75, 3.05) is 44.2 Å². The van der Waals surface area contributed by atoms with Gasteiger partial charge < -0.3 is 24.6 Å². The van der Waals surface area contributed by atoms with Gasteiger partial charge in [0.1, 0.15) is 11.9 Å². The Balaban J connectivity index is 1.60. The number of benzene rings is 1. The molecule has 1 aliphatic heterocycles. The molecule has 0 bridgehead atoms. The minimum absolute atomic E-state index is 0.286. The second-order valence-electron chi connectivity index (χ2n) is 6.54. The molecule has 1 aliphatic rings. The van der Waals surface area contributed by atoms with E-state index in [-0.39, 0.29) is 6.54 Å². The van der Waals surface area contributed by atoms with Crippen LogP contribution in [0.4, 0.5) is 5.69 Å². The van der Waals surface area contributed by atoms with Gasteiger partial charge in [0.15, 0.2) is 5.96 Å². The predicted octanol–water partition coefficient (Wildman–Crippen LogP) is 2.41. The van der Waals surface area contributed by atoms with Gasteiger partial charge in [-0.1, -0.05) is 12.1 Å². The summed E-state index contributed by atoms with van der Waals surface area (Å²) in [6.07, 6.45) is 0.852. The van der Waals surface area contributed by atoms with E-state index >= 15 is 0 Å². The molecule has 1 aromatic carbocycles.